The molecule has 3 aromatic rings. The fourth-order valence-electron chi connectivity index (χ4n) is 4.77. The van der Waals surface area contributed by atoms with E-state index in [0.717, 1.165) is 15.6 Å². The third-order valence-corrected chi connectivity index (χ3v) is 7.95. The average Bonchev–Trinajstić information content (AvgIpc) is 3.02. The van der Waals surface area contributed by atoms with E-state index < -0.39 is 12.1 Å². The molecular formula is C35H44BrN5O4. The van der Waals surface area contributed by atoms with Gasteiger partial charge in [0.05, 0.1) is 12.1 Å². The highest BCUT2D eigenvalue weighted by Gasteiger charge is 2.26. The van der Waals surface area contributed by atoms with Gasteiger partial charge >= 0.3 is 0 Å². The predicted molar refractivity (Wildman–Crippen MR) is 181 cm³/mol. The van der Waals surface area contributed by atoms with Gasteiger partial charge in [0.15, 0.2) is 0 Å². The van der Waals surface area contributed by atoms with Crippen LogP contribution in [0.5, 0.6) is 0 Å². The van der Waals surface area contributed by atoms with Crippen LogP contribution < -0.4 is 26.6 Å². The van der Waals surface area contributed by atoms with Crippen LogP contribution >= 0.6 is 15.9 Å². The molecule has 0 heterocycles. The lowest BCUT2D eigenvalue weighted by Crippen LogP contribution is -2.55. The lowest BCUT2D eigenvalue weighted by Gasteiger charge is -2.25. The number of nitrogens with one attached hydrogen (secondary N) is 5. The maximum atomic E-state index is 13.4. The monoisotopic (exact) mass is 677 g/mol. The second kappa shape index (κ2) is 17.5. The third-order valence-electron chi connectivity index (χ3n) is 7.43. The van der Waals surface area contributed by atoms with Gasteiger partial charge < -0.3 is 26.6 Å². The normalized spacial score (nSPS) is 13.7. The predicted octanol–water partition coefficient (Wildman–Crippen LogP) is 4.54. The van der Waals surface area contributed by atoms with Crippen LogP contribution in [-0.2, 0) is 16.0 Å². The molecule has 10 heteroatoms. The number of carbonyl (C=O) groups excluding carboxylic acids is 4. The number of halogens is 1. The number of rotatable bonds is 15. The maximum absolute atomic E-state index is 13.4. The van der Waals surface area contributed by atoms with Gasteiger partial charge in [-0.2, -0.15) is 0 Å². The van der Waals surface area contributed by atoms with Gasteiger partial charge in [-0.15, -0.1) is 0 Å². The van der Waals surface area contributed by atoms with Crippen molar-refractivity contribution in [1.29, 1.82) is 0 Å². The van der Waals surface area contributed by atoms with Gasteiger partial charge in [0.2, 0.25) is 11.8 Å². The number of carbonyl (C=O) groups is 4. The van der Waals surface area contributed by atoms with E-state index in [-0.39, 0.29) is 41.6 Å². The number of amides is 4. The summed E-state index contributed by atoms with van der Waals surface area (Å²) in [4.78, 5) is 51.9. The summed E-state index contributed by atoms with van der Waals surface area (Å²) in [6, 6.07) is 22.2. The van der Waals surface area contributed by atoms with E-state index in [2.05, 4.69) is 42.5 Å². The third kappa shape index (κ3) is 11.1. The standard InChI is InChI=1S/C35H44BrN5O4/c1-6-37-35(45)31(22(2)3)41-32(42)24(5)38-21-30(19-25-11-8-7-9-12-25)40-34(44)28-14-10-13-27(20-28)33(43)39-23(4)26-15-17-29(36)18-16-26/h7-18,20,22-24,30-31,38H,6,19,21H2,1-5H3,(H,37,45)(H,39,43)(H,40,44)(H,41,42)/t23-,24+,30+,31+/m1/s1. The molecule has 0 radical (unpaired) electrons. The molecule has 0 aliphatic rings. The van der Waals surface area contributed by atoms with Crippen molar-refractivity contribution < 1.29 is 19.2 Å². The van der Waals surface area contributed by atoms with Gasteiger partial charge in [0.1, 0.15) is 6.04 Å². The molecule has 0 saturated heterocycles. The molecule has 5 N–H and O–H groups in total. The lowest BCUT2D eigenvalue weighted by atomic mass is 10.0. The Labute approximate surface area is 274 Å². The first-order valence-electron chi connectivity index (χ1n) is 15.3. The molecule has 4 atom stereocenters. The van der Waals surface area contributed by atoms with Crippen LogP contribution in [0.25, 0.3) is 0 Å². The molecule has 0 unspecified atom stereocenters. The Morgan fingerprint density at radius 3 is 1.96 bits per heavy atom. The summed E-state index contributed by atoms with van der Waals surface area (Å²) in [6.07, 6.45) is 0.520. The van der Waals surface area contributed by atoms with Gasteiger partial charge in [-0.1, -0.05) is 78.3 Å². The average molecular weight is 679 g/mol. The van der Waals surface area contributed by atoms with Crippen molar-refractivity contribution in [2.45, 2.75) is 65.2 Å². The molecule has 240 valence electrons. The molecule has 3 rings (SSSR count). The lowest BCUT2D eigenvalue weighted by molar-refractivity contribution is -0.130. The Bertz CT molecular complexity index is 1430. The van der Waals surface area contributed by atoms with Crippen molar-refractivity contribution >= 4 is 39.6 Å². The van der Waals surface area contributed by atoms with Gasteiger partial charge in [-0.05, 0) is 74.6 Å². The first-order chi connectivity index (χ1) is 21.5. The van der Waals surface area contributed by atoms with Crippen molar-refractivity contribution in [2.75, 3.05) is 13.1 Å². The van der Waals surface area contributed by atoms with Crippen molar-refractivity contribution in [1.82, 2.24) is 26.6 Å². The molecule has 0 bridgehead atoms. The van der Waals surface area contributed by atoms with Crippen LogP contribution in [0.3, 0.4) is 0 Å². The van der Waals surface area contributed by atoms with E-state index in [1.807, 2.05) is 82.3 Å². The number of hydrogen-bond donors (Lipinski definition) is 5. The zero-order valence-electron chi connectivity index (χ0n) is 26.5. The number of likely N-dealkylation sites (N-methyl/N-ethyl adjacent to an activating group) is 1. The van der Waals surface area contributed by atoms with E-state index in [4.69, 9.17) is 0 Å². The van der Waals surface area contributed by atoms with E-state index in [9.17, 15) is 19.2 Å². The Kier molecular flexibility index (Phi) is 13.8. The minimum absolute atomic E-state index is 0.0837. The van der Waals surface area contributed by atoms with Crippen molar-refractivity contribution in [3.63, 3.8) is 0 Å². The van der Waals surface area contributed by atoms with E-state index in [1.54, 1.807) is 31.2 Å². The second-order valence-corrected chi connectivity index (χ2v) is 12.4. The first-order valence-corrected chi connectivity index (χ1v) is 16.1. The Morgan fingerprint density at radius 1 is 0.733 bits per heavy atom. The van der Waals surface area contributed by atoms with Crippen molar-refractivity contribution in [3.8, 4) is 0 Å². The van der Waals surface area contributed by atoms with Crippen LogP contribution in [0, 0.1) is 5.92 Å². The molecule has 0 aliphatic heterocycles. The summed E-state index contributed by atoms with van der Waals surface area (Å²) in [5.74, 6) is -1.22. The Morgan fingerprint density at radius 2 is 1.36 bits per heavy atom. The fraction of sp³-hybridized carbons (Fsp3) is 0.371. The maximum Gasteiger partial charge on any atom is 0.251 e. The molecule has 0 spiro atoms. The number of benzene rings is 3. The zero-order valence-corrected chi connectivity index (χ0v) is 28.1. The topological polar surface area (TPSA) is 128 Å². The molecule has 0 aromatic heterocycles. The van der Waals surface area contributed by atoms with Crippen molar-refractivity contribution in [2.24, 2.45) is 5.92 Å². The van der Waals surface area contributed by atoms with Gasteiger partial charge in [0, 0.05) is 34.7 Å². The summed E-state index contributed by atoms with van der Waals surface area (Å²) >= 11 is 3.42. The van der Waals surface area contributed by atoms with E-state index in [1.165, 1.54) is 0 Å². The fourth-order valence-corrected chi connectivity index (χ4v) is 5.03. The molecule has 0 aliphatic carbocycles. The minimum Gasteiger partial charge on any atom is -0.355 e. The van der Waals surface area contributed by atoms with Crippen LogP contribution in [0.1, 0.15) is 72.5 Å². The Hall–Kier alpha value is -4.02. The highest BCUT2D eigenvalue weighted by Crippen LogP contribution is 2.17. The van der Waals surface area contributed by atoms with Crippen molar-refractivity contribution in [3.05, 3.63) is 106 Å². The molecule has 0 fully saturated rings. The van der Waals surface area contributed by atoms with Crippen LogP contribution in [0.4, 0.5) is 0 Å². The van der Waals surface area contributed by atoms with Crippen LogP contribution in [0.15, 0.2) is 83.3 Å². The molecular weight excluding hydrogens is 634 g/mol. The summed E-state index contributed by atoms with van der Waals surface area (Å²) < 4.78 is 0.957. The van der Waals surface area contributed by atoms with Gasteiger partial charge in [0.25, 0.3) is 11.8 Å². The quantitative estimate of drug-likeness (QED) is 0.161. The molecule has 45 heavy (non-hydrogen) atoms. The molecule has 9 nitrogen and oxygen atoms in total. The highest BCUT2D eigenvalue weighted by molar-refractivity contribution is 9.10. The molecule has 3 aromatic carbocycles. The summed E-state index contributed by atoms with van der Waals surface area (Å²) in [7, 11) is 0. The first kappa shape index (κ1) is 35.5. The summed E-state index contributed by atoms with van der Waals surface area (Å²) in [6.45, 7) is 10.0. The second-order valence-electron chi connectivity index (χ2n) is 11.4. The van der Waals surface area contributed by atoms with E-state index in [0.29, 0.717) is 30.6 Å². The Balaban J connectivity index is 1.68. The summed E-state index contributed by atoms with van der Waals surface area (Å²) in [5.41, 5.74) is 2.71. The highest BCUT2D eigenvalue weighted by atomic mass is 79.9. The SMILES string of the molecule is CCNC(=O)[C@@H](NC(=O)[C@H](C)NC[C@H](Cc1ccccc1)NC(=O)c1cccc(C(=O)N[C@H](C)c2ccc(Br)cc2)c1)C(C)C. The molecule has 4 amide bonds. The number of hydrogen-bond acceptors (Lipinski definition) is 5. The van der Waals surface area contributed by atoms with Gasteiger partial charge in [-0.3, -0.25) is 19.2 Å². The summed E-state index contributed by atoms with van der Waals surface area (Å²) in [5, 5.41) is 14.9. The van der Waals surface area contributed by atoms with E-state index >= 15 is 0 Å². The zero-order chi connectivity index (χ0) is 32.9. The molecule has 0 saturated carbocycles. The van der Waals surface area contributed by atoms with Gasteiger partial charge in [-0.25, -0.2) is 0 Å². The smallest absolute Gasteiger partial charge is 0.251 e. The van der Waals surface area contributed by atoms with Crippen LogP contribution in [0.2, 0.25) is 0 Å². The largest absolute Gasteiger partial charge is 0.355 e. The van der Waals surface area contributed by atoms with Crippen LogP contribution in [-0.4, -0.2) is 54.8 Å². The minimum atomic E-state index is -0.649.